The zero-order chi connectivity index (χ0) is 12.5. The highest BCUT2D eigenvalue weighted by molar-refractivity contribution is 5.61. The van der Waals surface area contributed by atoms with Gasteiger partial charge in [-0.2, -0.15) is 0 Å². The molecule has 1 aromatic carbocycles. The van der Waals surface area contributed by atoms with Crippen LogP contribution >= 0.6 is 0 Å². The fourth-order valence-corrected chi connectivity index (χ4v) is 3.04. The van der Waals surface area contributed by atoms with Gasteiger partial charge in [0, 0.05) is 24.8 Å². The molecular weight excluding hydrogens is 224 g/mol. The van der Waals surface area contributed by atoms with Crippen LogP contribution in [0.1, 0.15) is 25.8 Å². The summed E-state index contributed by atoms with van der Waals surface area (Å²) in [6, 6.07) is 7.21. The second-order valence-corrected chi connectivity index (χ2v) is 5.57. The molecule has 0 aliphatic carbocycles. The maximum Gasteiger partial charge on any atom is 0.120 e. The van der Waals surface area contributed by atoms with Crippen LogP contribution < -0.4 is 15.0 Å². The molecule has 2 aliphatic rings. The minimum atomic E-state index is 0.247. The van der Waals surface area contributed by atoms with E-state index in [1.54, 1.807) is 0 Å². The largest absolute Gasteiger partial charge is 0.491 e. The number of rotatable bonds is 2. The smallest absolute Gasteiger partial charge is 0.120 e. The summed E-state index contributed by atoms with van der Waals surface area (Å²) >= 11 is 0. The van der Waals surface area contributed by atoms with Crippen LogP contribution in [0.25, 0.3) is 0 Å². The Labute approximate surface area is 109 Å². The molecule has 0 radical (unpaired) electrons. The van der Waals surface area contributed by atoms with Gasteiger partial charge in [-0.3, -0.25) is 0 Å². The normalized spacial score (nSPS) is 22.6. The number of ether oxygens (including phenoxy) is 1. The van der Waals surface area contributed by atoms with Gasteiger partial charge < -0.3 is 15.0 Å². The third kappa shape index (κ3) is 2.19. The van der Waals surface area contributed by atoms with E-state index in [-0.39, 0.29) is 6.10 Å². The number of hydrogen-bond donors (Lipinski definition) is 1. The molecule has 0 amide bonds. The van der Waals surface area contributed by atoms with Gasteiger partial charge in [-0.25, -0.2) is 0 Å². The number of nitrogens with one attached hydrogen (secondary N) is 1. The van der Waals surface area contributed by atoms with Crippen LogP contribution in [-0.4, -0.2) is 31.8 Å². The van der Waals surface area contributed by atoms with Crippen molar-refractivity contribution in [1.82, 2.24) is 5.32 Å². The molecule has 1 unspecified atom stereocenters. The van der Waals surface area contributed by atoms with Gasteiger partial charge in [0.15, 0.2) is 0 Å². The lowest BCUT2D eigenvalue weighted by Crippen LogP contribution is -2.36. The number of benzene rings is 1. The molecule has 0 saturated carbocycles. The first-order valence-electron chi connectivity index (χ1n) is 7.01. The van der Waals surface area contributed by atoms with Gasteiger partial charge in [-0.05, 0) is 57.0 Å². The third-order valence-corrected chi connectivity index (χ3v) is 3.76. The van der Waals surface area contributed by atoms with Crippen molar-refractivity contribution in [2.75, 3.05) is 24.5 Å². The van der Waals surface area contributed by atoms with E-state index in [1.165, 1.54) is 24.2 Å². The standard InChI is InChI=1S/C15H22N2O/c1-11(2)18-14-4-5-15-12(9-14)8-13-10-16-6-3-7-17(13)15/h4-5,9,11,13,16H,3,6-8,10H2,1-2H3. The van der Waals surface area contributed by atoms with E-state index in [9.17, 15) is 0 Å². The summed E-state index contributed by atoms with van der Waals surface area (Å²) in [4.78, 5) is 2.56. The maximum absolute atomic E-state index is 5.78. The monoisotopic (exact) mass is 246 g/mol. The molecule has 1 fully saturated rings. The minimum Gasteiger partial charge on any atom is -0.491 e. The Bertz CT molecular complexity index is 431. The topological polar surface area (TPSA) is 24.5 Å². The molecule has 1 atom stereocenters. The molecule has 3 nitrogen and oxygen atoms in total. The molecule has 1 N–H and O–H groups in total. The molecule has 2 heterocycles. The summed E-state index contributed by atoms with van der Waals surface area (Å²) in [5.41, 5.74) is 2.86. The van der Waals surface area contributed by atoms with E-state index in [0.717, 1.165) is 25.3 Å². The summed E-state index contributed by atoms with van der Waals surface area (Å²) in [6.45, 7) is 7.58. The highest BCUT2D eigenvalue weighted by atomic mass is 16.5. The van der Waals surface area contributed by atoms with Gasteiger partial charge in [-0.15, -0.1) is 0 Å². The Morgan fingerprint density at radius 2 is 2.28 bits per heavy atom. The lowest BCUT2D eigenvalue weighted by molar-refractivity contribution is 0.242. The summed E-state index contributed by atoms with van der Waals surface area (Å²) in [5.74, 6) is 1.01. The lowest BCUT2D eigenvalue weighted by Gasteiger charge is -2.24. The average molecular weight is 246 g/mol. The Morgan fingerprint density at radius 1 is 1.39 bits per heavy atom. The Balaban J connectivity index is 1.84. The van der Waals surface area contributed by atoms with Crippen LogP contribution in [0, 0.1) is 0 Å². The van der Waals surface area contributed by atoms with E-state index in [0.29, 0.717) is 6.04 Å². The van der Waals surface area contributed by atoms with E-state index in [4.69, 9.17) is 4.74 Å². The van der Waals surface area contributed by atoms with Crippen LogP contribution in [-0.2, 0) is 6.42 Å². The van der Waals surface area contributed by atoms with Gasteiger partial charge >= 0.3 is 0 Å². The molecule has 98 valence electrons. The van der Waals surface area contributed by atoms with Crippen molar-refractivity contribution in [3.63, 3.8) is 0 Å². The van der Waals surface area contributed by atoms with Gasteiger partial charge in [0.05, 0.1) is 6.10 Å². The van der Waals surface area contributed by atoms with Crippen molar-refractivity contribution in [2.24, 2.45) is 0 Å². The molecule has 0 aromatic heterocycles. The number of hydrogen-bond acceptors (Lipinski definition) is 3. The van der Waals surface area contributed by atoms with Crippen molar-refractivity contribution < 1.29 is 4.74 Å². The second-order valence-electron chi connectivity index (χ2n) is 5.57. The molecular formula is C15H22N2O. The predicted octanol–water partition coefficient (Wildman–Crippen LogP) is 2.20. The summed E-state index contributed by atoms with van der Waals surface area (Å²) in [5, 5.41) is 3.53. The molecule has 18 heavy (non-hydrogen) atoms. The first-order valence-corrected chi connectivity index (χ1v) is 7.01. The summed E-state index contributed by atoms with van der Waals surface area (Å²) in [7, 11) is 0. The van der Waals surface area contributed by atoms with Gasteiger partial charge in [-0.1, -0.05) is 0 Å². The molecule has 1 saturated heterocycles. The van der Waals surface area contributed by atoms with Crippen molar-refractivity contribution in [2.45, 2.75) is 38.8 Å². The fourth-order valence-electron chi connectivity index (χ4n) is 3.04. The van der Waals surface area contributed by atoms with Crippen LogP contribution in [0.2, 0.25) is 0 Å². The van der Waals surface area contributed by atoms with E-state index in [2.05, 4.69) is 42.3 Å². The van der Waals surface area contributed by atoms with Crippen LogP contribution in [0.4, 0.5) is 5.69 Å². The van der Waals surface area contributed by atoms with E-state index < -0.39 is 0 Å². The number of fused-ring (bicyclic) bond motifs is 3. The SMILES string of the molecule is CC(C)Oc1ccc2c(c1)CC1CNCCCN21. The predicted molar refractivity (Wildman–Crippen MR) is 74.5 cm³/mol. The molecule has 1 aromatic rings. The molecule has 2 aliphatic heterocycles. The van der Waals surface area contributed by atoms with Crippen molar-refractivity contribution in [3.8, 4) is 5.75 Å². The minimum absolute atomic E-state index is 0.247. The first kappa shape index (κ1) is 11.8. The number of anilines is 1. The number of nitrogens with zero attached hydrogens (tertiary/aromatic N) is 1. The van der Waals surface area contributed by atoms with Crippen LogP contribution in [0.15, 0.2) is 18.2 Å². The van der Waals surface area contributed by atoms with Gasteiger partial charge in [0.2, 0.25) is 0 Å². The van der Waals surface area contributed by atoms with Crippen molar-refractivity contribution in [1.29, 1.82) is 0 Å². The van der Waals surface area contributed by atoms with Gasteiger partial charge in [0.25, 0.3) is 0 Å². The highest BCUT2D eigenvalue weighted by Gasteiger charge is 2.30. The average Bonchev–Trinajstić information content (AvgIpc) is 2.51. The molecule has 0 spiro atoms. The fraction of sp³-hybridized carbons (Fsp3) is 0.600. The summed E-state index contributed by atoms with van der Waals surface area (Å²) < 4.78 is 5.78. The molecule has 3 rings (SSSR count). The zero-order valence-corrected chi connectivity index (χ0v) is 11.3. The Hall–Kier alpha value is -1.22. The van der Waals surface area contributed by atoms with Crippen LogP contribution in [0.5, 0.6) is 5.75 Å². The van der Waals surface area contributed by atoms with Crippen molar-refractivity contribution >= 4 is 5.69 Å². The molecule has 0 bridgehead atoms. The van der Waals surface area contributed by atoms with Crippen molar-refractivity contribution in [3.05, 3.63) is 23.8 Å². The Morgan fingerprint density at radius 3 is 3.11 bits per heavy atom. The van der Waals surface area contributed by atoms with Crippen LogP contribution in [0.3, 0.4) is 0 Å². The van der Waals surface area contributed by atoms with E-state index >= 15 is 0 Å². The maximum atomic E-state index is 5.78. The highest BCUT2D eigenvalue weighted by Crippen LogP contribution is 2.35. The Kier molecular flexibility index (Phi) is 3.16. The quantitative estimate of drug-likeness (QED) is 0.866. The zero-order valence-electron chi connectivity index (χ0n) is 11.3. The molecule has 3 heteroatoms. The first-order chi connectivity index (χ1) is 8.74. The lowest BCUT2D eigenvalue weighted by atomic mass is 10.1. The third-order valence-electron chi connectivity index (χ3n) is 3.76. The second kappa shape index (κ2) is 4.81. The van der Waals surface area contributed by atoms with E-state index in [1.807, 2.05) is 0 Å². The summed E-state index contributed by atoms with van der Waals surface area (Å²) in [6.07, 6.45) is 2.63. The van der Waals surface area contributed by atoms with Gasteiger partial charge in [0.1, 0.15) is 5.75 Å².